The summed E-state index contributed by atoms with van der Waals surface area (Å²) in [5, 5.41) is 6.99. The summed E-state index contributed by atoms with van der Waals surface area (Å²) in [6.07, 6.45) is 3.13. The second kappa shape index (κ2) is 8.28. The lowest BCUT2D eigenvalue weighted by Gasteiger charge is -2.33. The molecule has 0 bridgehead atoms. The Morgan fingerprint density at radius 3 is 2.30 bits per heavy atom. The van der Waals surface area contributed by atoms with E-state index < -0.39 is 0 Å². The zero-order valence-corrected chi connectivity index (χ0v) is 13.4. The van der Waals surface area contributed by atoms with Crippen LogP contribution in [-0.2, 0) is 10.3 Å². The monoisotopic (exact) mass is 296 g/mol. The molecule has 0 aliphatic heterocycles. The van der Waals surface area contributed by atoms with Crippen molar-refractivity contribution in [1.29, 1.82) is 0 Å². The highest BCUT2D eigenvalue weighted by Gasteiger charge is 2.29. The van der Waals surface area contributed by atoms with Crippen LogP contribution in [0.25, 0.3) is 0 Å². The minimum absolute atomic E-state index is 0.110. The molecule has 0 saturated heterocycles. The van der Waals surface area contributed by atoms with Crippen molar-refractivity contribution in [1.82, 2.24) is 10.6 Å². The molecular weight excluding hydrogens is 272 g/mol. The average molecular weight is 297 g/mol. The molecule has 0 saturated carbocycles. The van der Waals surface area contributed by atoms with Gasteiger partial charge in [0, 0.05) is 11.4 Å². The van der Waals surface area contributed by atoms with Gasteiger partial charge in [0.05, 0.1) is 5.54 Å². The molecule has 0 fully saturated rings. The van der Waals surface area contributed by atoms with Gasteiger partial charge in [-0.15, -0.1) is 0 Å². The predicted octanol–water partition coefficient (Wildman–Crippen LogP) is 3.47. The first-order valence-corrected chi connectivity index (χ1v) is 7.67. The third-order valence-electron chi connectivity index (χ3n) is 3.81. The van der Waals surface area contributed by atoms with Crippen LogP contribution in [0, 0.1) is 0 Å². The molecule has 112 valence electrons. The highest BCUT2D eigenvalue weighted by atomic mass is 35.5. The van der Waals surface area contributed by atoms with Gasteiger partial charge < -0.3 is 10.6 Å². The van der Waals surface area contributed by atoms with Gasteiger partial charge >= 0.3 is 0 Å². The molecule has 1 aromatic rings. The Hall–Kier alpha value is -1.06. The highest BCUT2D eigenvalue weighted by molar-refractivity contribution is 6.30. The van der Waals surface area contributed by atoms with Gasteiger partial charge in [0.25, 0.3) is 0 Å². The van der Waals surface area contributed by atoms with E-state index >= 15 is 0 Å². The average Bonchev–Trinajstić information content (AvgIpc) is 2.46. The Bertz CT molecular complexity index is 413. The summed E-state index contributed by atoms with van der Waals surface area (Å²) in [5.41, 5.74) is 0.829. The molecule has 0 radical (unpaired) electrons. The number of rotatable bonds is 8. The van der Waals surface area contributed by atoms with E-state index in [1.807, 2.05) is 31.3 Å². The third kappa shape index (κ3) is 4.50. The molecule has 20 heavy (non-hydrogen) atoms. The summed E-state index contributed by atoms with van der Waals surface area (Å²) in [6.45, 7) is 5.07. The van der Waals surface area contributed by atoms with E-state index in [1.165, 1.54) is 0 Å². The Morgan fingerprint density at radius 1 is 1.20 bits per heavy atom. The molecule has 0 unspecified atom stereocenters. The first-order valence-electron chi connectivity index (χ1n) is 7.29. The van der Waals surface area contributed by atoms with Crippen molar-refractivity contribution in [3.8, 4) is 0 Å². The topological polar surface area (TPSA) is 41.1 Å². The highest BCUT2D eigenvalue weighted by Crippen LogP contribution is 2.29. The molecule has 0 atom stereocenters. The van der Waals surface area contributed by atoms with E-state index in [-0.39, 0.29) is 11.4 Å². The molecule has 0 spiro atoms. The number of nitrogens with one attached hydrogen (secondary N) is 2. The number of benzene rings is 1. The van der Waals surface area contributed by atoms with Gasteiger partial charge in [0.2, 0.25) is 5.91 Å². The molecule has 4 heteroatoms. The number of halogens is 1. The zero-order chi connectivity index (χ0) is 15.0. The van der Waals surface area contributed by atoms with Crippen LogP contribution in [0.2, 0.25) is 5.02 Å². The van der Waals surface area contributed by atoms with Gasteiger partial charge in [-0.25, -0.2) is 0 Å². The molecule has 3 nitrogen and oxygen atoms in total. The Labute approximate surface area is 127 Å². The molecule has 1 aromatic carbocycles. The lowest BCUT2D eigenvalue weighted by Crippen LogP contribution is -2.45. The maximum absolute atomic E-state index is 12.1. The Morgan fingerprint density at radius 2 is 1.80 bits per heavy atom. The van der Waals surface area contributed by atoms with Gasteiger partial charge in [-0.1, -0.05) is 37.6 Å². The second-order valence-electron chi connectivity index (χ2n) is 5.05. The van der Waals surface area contributed by atoms with E-state index in [0.717, 1.165) is 36.4 Å². The van der Waals surface area contributed by atoms with E-state index in [4.69, 9.17) is 11.6 Å². The van der Waals surface area contributed by atoms with Crippen LogP contribution in [0.3, 0.4) is 0 Å². The third-order valence-corrected chi connectivity index (χ3v) is 4.07. The summed E-state index contributed by atoms with van der Waals surface area (Å²) in [7, 11) is 1.90. The SMILES string of the molecule is CCC(CC)(NC(=O)CCCNC)c1ccc(Cl)cc1. The van der Waals surface area contributed by atoms with Crippen LogP contribution in [0.5, 0.6) is 0 Å². The summed E-state index contributed by atoms with van der Waals surface area (Å²) in [6, 6.07) is 7.76. The van der Waals surface area contributed by atoms with Crippen LogP contribution >= 0.6 is 11.6 Å². The van der Waals surface area contributed by atoms with E-state index in [1.54, 1.807) is 0 Å². The largest absolute Gasteiger partial charge is 0.347 e. The van der Waals surface area contributed by atoms with Gasteiger partial charge in [-0.05, 0) is 50.6 Å². The molecule has 1 rings (SSSR count). The number of hydrogen-bond donors (Lipinski definition) is 2. The Kier molecular flexibility index (Phi) is 7.03. The first-order chi connectivity index (χ1) is 9.57. The van der Waals surface area contributed by atoms with Crippen molar-refractivity contribution in [2.75, 3.05) is 13.6 Å². The first kappa shape index (κ1) is 17.0. The van der Waals surface area contributed by atoms with Crippen molar-refractivity contribution in [3.05, 3.63) is 34.9 Å². The fourth-order valence-corrected chi connectivity index (χ4v) is 2.56. The smallest absolute Gasteiger partial charge is 0.220 e. The lowest BCUT2D eigenvalue weighted by molar-refractivity contribution is -0.123. The molecule has 0 aliphatic rings. The fourth-order valence-electron chi connectivity index (χ4n) is 2.43. The number of carbonyl (C=O) groups is 1. The van der Waals surface area contributed by atoms with Gasteiger partial charge in [-0.2, -0.15) is 0 Å². The van der Waals surface area contributed by atoms with Crippen molar-refractivity contribution >= 4 is 17.5 Å². The van der Waals surface area contributed by atoms with Crippen molar-refractivity contribution in [2.45, 2.75) is 45.1 Å². The fraction of sp³-hybridized carbons (Fsp3) is 0.562. The summed E-state index contributed by atoms with van der Waals surface area (Å²) < 4.78 is 0. The minimum Gasteiger partial charge on any atom is -0.347 e. The second-order valence-corrected chi connectivity index (χ2v) is 5.49. The van der Waals surface area contributed by atoms with Crippen molar-refractivity contribution in [3.63, 3.8) is 0 Å². The summed E-state index contributed by atoms with van der Waals surface area (Å²) in [5.74, 6) is 0.110. The maximum atomic E-state index is 12.1. The van der Waals surface area contributed by atoms with E-state index in [9.17, 15) is 4.79 Å². The predicted molar refractivity (Wildman–Crippen MR) is 85.0 cm³/mol. The number of amides is 1. The molecule has 2 N–H and O–H groups in total. The van der Waals surface area contributed by atoms with Gasteiger partial charge in [0.1, 0.15) is 0 Å². The minimum atomic E-state index is -0.290. The van der Waals surface area contributed by atoms with Crippen LogP contribution in [0.4, 0.5) is 0 Å². The summed E-state index contributed by atoms with van der Waals surface area (Å²) >= 11 is 5.94. The van der Waals surface area contributed by atoms with Gasteiger partial charge in [0.15, 0.2) is 0 Å². The van der Waals surface area contributed by atoms with Crippen LogP contribution in [0.1, 0.15) is 45.1 Å². The molecule has 0 aliphatic carbocycles. The number of hydrogen-bond acceptors (Lipinski definition) is 2. The lowest BCUT2D eigenvalue weighted by atomic mass is 9.84. The quantitative estimate of drug-likeness (QED) is 0.721. The van der Waals surface area contributed by atoms with Gasteiger partial charge in [-0.3, -0.25) is 4.79 Å². The Balaban J connectivity index is 2.81. The molecule has 0 heterocycles. The molecule has 0 aromatic heterocycles. The normalized spacial score (nSPS) is 11.4. The van der Waals surface area contributed by atoms with Crippen LogP contribution in [-0.4, -0.2) is 19.5 Å². The van der Waals surface area contributed by atoms with E-state index in [0.29, 0.717) is 6.42 Å². The number of carbonyl (C=O) groups excluding carboxylic acids is 1. The van der Waals surface area contributed by atoms with Crippen molar-refractivity contribution < 1.29 is 4.79 Å². The summed E-state index contributed by atoms with van der Waals surface area (Å²) in [4.78, 5) is 12.1. The van der Waals surface area contributed by atoms with Crippen LogP contribution < -0.4 is 10.6 Å². The molecule has 1 amide bonds. The molecular formula is C16H25ClN2O. The van der Waals surface area contributed by atoms with Crippen LogP contribution in [0.15, 0.2) is 24.3 Å². The standard InChI is InChI=1S/C16H25ClN2O/c1-4-16(5-2,13-8-10-14(17)11-9-13)19-15(20)7-6-12-18-3/h8-11,18H,4-7,12H2,1-3H3,(H,19,20). The van der Waals surface area contributed by atoms with E-state index in [2.05, 4.69) is 24.5 Å². The zero-order valence-electron chi connectivity index (χ0n) is 12.6. The van der Waals surface area contributed by atoms with Crippen molar-refractivity contribution in [2.24, 2.45) is 0 Å². The maximum Gasteiger partial charge on any atom is 0.220 e.